The first kappa shape index (κ1) is 18.9. The van der Waals surface area contributed by atoms with Gasteiger partial charge < -0.3 is 14.8 Å². The summed E-state index contributed by atoms with van der Waals surface area (Å²) in [6, 6.07) is 9.07. The highest BCUT2D eigenvalue weighted by Gasteiger charge is 2.15. The smallest absolute Gasteiger partial charge is 0.261 e. The van der Waals surface area contributed by atoms with Crippen LogP contribution in [0.5, 0.6) is 0 Å². The molecule has 0 aliphatic heterocycles. The second-order valence-corrected chi connectivity index (χ2v) is 7.39. The van der Waals surface area contributed by atoms with Crippen LogP contribution in [0.2, 0.25) is 0 Å². The van der Waals surface area contributed by atoms with Crippen LogP contribution in [-0.2, 0) is 11.2 Å². The molecule has 0 spiro atoms. The third-order valence-electron chi connectivity index (χ3n) is 4.59. The van der Waals surface area contributed by atoms with E-state index < -0.39 is 0 Å². The van der Waals surface area contributed by atoms with Crippen LogP contribution in [0.3, 0.4) is 0 Å². The van der Waals surface area contributed by atoms with E-state index in [1.54, 1.807) is 29.5 Å². The molecule has 10 nitrogen and oxygen atoms in total. The Labute approximate surface area is 178 Å². The summed E-state index contributed by atoms with van der Waals surface area (Å²) < 4.78 is 6.76. The standard InChI is InChI=1S/C20H15N7O3S/c28-16(5-6-17-25-18(26-30-17)12-7-8-31-10-12)24-14-3-1-2-4-15(14)27-19-13(9-23-27)20(29)22-11-21-19/h1-4,7-11H,5-6H2,(H,24,28)(H,21,22,29). The first-order chi connectivity index (χ1) is 15.2. The summed E-state index contributed by atoms with van der Waals surface area (Å²) in [4.78, 5) is 35.6. The minimum Gasteiger partial charge on any atom is -0.339 e. The number of aromatic nitrogens is 6. The van der Waals surface area contributed by atoms with Gasteiger partial charge in [0.1, 0.15) is 5.39 Å². The van der Waals surface area contributed by atoms with Gasteiger partial charge in [-0.15, -0.1) is 0 Å². The van der Waals surface area contributed by atoms with E-state index in [9.17, 15) is 9.59 Å². The summed E-state index contributed by atoms with van der Waals surface area (Å²) in [5, 5.41) is 15.3. The van der Waals surface area contributed by atoms with Crippen LogP contribution < -0.4 is 10.9 Å². The lowest BCUT2D eigenvalue weighted by molar-refractivity contribution is -0.116. The van der Waals surface area contributed by atoms with Gasteiger partial charge in [-0.1, -0.05) is 17.3 Å². The van der Waals surface area contributed by atoms with Gasteiger partial charge in [-0.2, -0.15) is 21.4 Å². The van der Waals surface area contributed by atoms with Gasteiger partial charge in [0.2, 0.25) is 17.6 Å². The van der Waals surface area contributed by atoms with E-state index in [0.29, 0.717) is 40.5 Å². The molecule has 1 aromatic carbocycles. The van der Waals surface area contributed by atoms with Gasteiger partial charge in [0.15, 0.2) is 5.65 Å². The average molecular weight is 433 g/mol. The number of H-pyrrole nitrogens is 1. The molecule has 5 aromatic rings. The van der Waals surface area contributed by atoms with E-state index in [4.69, 9.17) is 4.52 Å². The molecular formula is C20H15N7O3S. The summed E-state index contributed by atoms with van der Waals surface area (Å²) in [7, 11) is 0. The zero-order chi connectivity index (χ0) is 21.2. The Balaban J connectivity index is 1.32. The van der Waals surface area contributed by atoms with Crippen LogP contribution in [0.15, 0.2) is 62.9 Å². The molecule has 0 radical (unpaired) electrons. The van der Waals surface area contributed by atoms with E-state index in [1.165, 1.54) is 17.2 Å². The summed E-state index contributed by atoms with van der Waals surface area (Å²) in [6.45, 7) is 0. The number of amides is 1. The quantitative estimate of drug-likeness (QED) is 0.421. The van der Waals surface area contributed by atoms with Crippen LogP contribution in [-0.4, -0.2) is 35.8 Å². The summed E-state index contributed by atoms with van der Waals surface area (Å²) in [5.41, 5.74) is 2.15. The Morgan fingerprint density at radius 1 is 1.26 bits per heavy atom. The van der Waals surface area contributed by atoms with Crippen LogP contribution in [0.1, 0.15) is 12.3 Å². The second-order valence-electron chi connectivity index (χ2n) is 6.61. The number of nitrogens with zero attached hydrogens (tertiary/aromatic N) is 5. The highest BCUT2D eigenvalue weighted by atomic mass is 32.1. The number of thiophene rings is 1. The van der Waals surface area contributed by atoms with Crippen molar-refractivity contribution >= 4 is 34.0 Å². The fourth-order valence-electron chi connectivity index (χ4n) is 3.10. The molecule has 11 heteroatoms. The van der Waals surface area contributed by atoms with Crippen molar-refractivity contribution in [2.45, 2.75) is 12.8 Å². The summed E-state index contributed by atoms with van der Waals surface area (Å²) >= 11 is 1.55. The average Bonchev–Trinajstić information content (AvgIpc) is 3.53. The number of rotatable bonds is 6. The Morgan fingerprint density at radius 3 is 3.03 bits per heavy atom. The van der Waals surface area contributed by atoms with Crippen molar-refractivity contribution in [3.8, 4) is 17.1 Å². The molecule has 0 saturated carbocycles. The minimum atomic E-state index is -0.279. The van der Waals surface area contributed by atoms with Crippen LogP contribution in [0.25, 0.3) is 28.1 Å². The molecule has 0 fully saturated rings. The van der Waals surface area contributed by atoms with E-state index in [-0.39, 0.29) is 17.9 Å². The molecule has 0 atom stereocenters. The molecular weight excluding hydrogens is 418 g/mol. The van der Waals surface area contributed by atoms with Crippen molar-refractivity contribution in [3.63, 3.8) is 0 Å². The van der Waals surface area contributed by atoms with Gasteiger partial charge >= 0.3 is 0 Å². The molecule has 5 rings (SSSR count). The maximum absolute atomic E-state index is 12.6. The fourth-order valence-corrected chi connectivity index (χ4v) is 3.73. The molecule has 0 aliphatic carbocycles. The number of nitrogens with one attached hydrogen (secondary N) is 2. The first-order valence-corrected chi connectivity index (χ1v) is 10.3. The number of anilines is 1. The largest absolute Gasteiger partial charge is 0.339 e. The van der Waals surface area contributed by atoms with Crippen molar-refractivity contribution in [1.29, 1.82) is 0 Å². The summed E-state index contributed by atoms with van der Waals surface area (Å²) in [5.74, 6) is 0.686. The van der Waals surface area contributed by atoms with Gasteiger partial charge in [-0.25, -0.2) is 9.67 Å². The van der Waals surface area contributed by atoms with E-state index in [0.717, 1.165) is 5.56 Å². The number of fused-ring (bicyclic) bond motifs is 1. The third kappa shape index (κ3) is 3.73. The van der Waals surface area contributed by atoms with Gasteiger partial charge in [0.05, 0.1) is 23.9 Å². The maximum atomic E-state index is 12.6. The summed E-state index contributed by atoms with van der Waals surface area (Å²) in [6.07, 6.45) is 3.24. The zero-order valence-corrected chi connectivity index (χ0v) is 16.8. The number of carbonyl (C=O) groups excluding carboxylic acids is 1. The fraction of sp³-hybridized carbons (Fsp3) is 0.100. The van der Waals surface area contributed by atoms with Crippen molar-refractivity contribution < 1.29 is 9.32 Å². The number of hydrogen-bond acceptors (Lipinski definition) is 8. The van der Waals surface area contributed by atoms with Gasteiger partial charge in [-0.05, 0) is 23.6 Å². The van der Waals surface area contributed by atoms with Crippen LogP contribution >= 0.6 is 11.3 Å². The van der Waals surface area contributed by atoms with Gasteiger partial charge in [-0.3, -0.25) is 9.59 Å². The molecule has 0 bridgehead atoms. The lowest BCUT2D eigenvalue weighted by Gasteiger charge is -2.11. The van der Waals surface area contributed by atoms with Crippen molar-refractivity contribution in [2.24, 2.45) is 0 Å². The topological polar surface area (TPSA) is 132 Å². The van der Waals surface area contributed by atoms with Crippen molar-refractivity contribution in [1.82, 2.24) is 29.9 Å². The van der Waals surface area contributed by atoms with Gasteiger partial charge in [0.25, 0.3) is 5.56 Å². The molecule has 4 heterocycles. The molecule has 4 aromatic heterocycles. The maximum Gasteiger partial charge on any atom is 0.261 e. The van der Waals surface area contributed by atoms with Crippen molar-refractivity contribution in [2.75, 3.05) is 5.32 Å². The third-order valence-corrected chi connectivity index (χ3v) is 5.27. The number of carbonyl (C=O) groups is 1. The molecule has 0 unspecified atom stereocenters. The SMILES string of the molecule is O=C(CCc1nc(-c2ccsc2)no1)Nc1ccccc1-n1ncc2c(=O)[nH]cnc21. The van der Waals surface area contributed by atoms with Crippen LogP contribution in [0.4, 0.5) is 5.69 Å². The lowest BCUT2D eigenvalue weighted by Crippen LogP contribution is -2.15. The van der Waals surface area contributed by atoms with E-state index in [2.05, 4.69) is 30.5 Å². The molecule has 31 heavy (non-hydrogen) atoms. The molecule has 154 valence electrons. The number of aromatic amines is 1. The van der Waals surface area contributed by atoms with E-state index >= 15 is 0 Å². The molecule has 2 N–H and O–H groups in total. The van der Waals surface area contributed by atoms with Gasteiger partial charge in [0, 0.05) is 23.8 Å². The number of benzene rings is 1. The molecule has 1 amide bonds. The highest BCUT2D eigenvalue weighted by Crippen LogP contribution is 2.23. The number of aryl methyl sites for hydroxylation is 1. The Bertz CT molecular complexity index is 1420. The Morgan fingerprint density at radius 2 is 2.16 bits per heavy atom. The monoisotopic (exact) mass is 433 g/mol. The molecule has 0 saturated heterocycles. The normalized spacial score (nSPS) is 11.1. The highest BCUT2D eigenvalue weighted by molar-refractivity contribution is 7.08. The zero-order valence-electron chi connectivity index (χ0n) is 16.0. The molecule has 0 aliphatic rings. The lowest BCUT2D eigenvalue weighted by atomic mass is 10.2. The van der Waals surface area contributed by atoms with Crippen LogP contribution in [0, 0.1) is 0 Å². The Hall–Kier alpha value is -4.12. The predicted molar refractivity (Wildman–Crippen MR) is 114 cm³/mol. The minimum absolute atomic E-state index is 0.164. The first-order valence-electron chi connectivity index (χ1n) is 9.35. The second kappa shape index (κ2) is 7.95. The number of hydrogen-bond donors (Lipinski definition) is 2. The predicted octanol–water partition coefficient (Wildman–Crippen LogP) is 2.79. The van der Waals surface area contributed by atoms with Crippen molar-refractivity contribution in [3.05, 3.63) is 69.9 Å². The van der Waals surface area contributed by atoms with E-state index in [1.807, 2.05) is 22.9 Å². The Kier molecular flexibility index (Phi) is 4.84. The number of para-hydroxylation sites is 2.